The molecule has 5 heteroatoms. The summed E-state index contributed by atoms with van der Waals surface area (Å²) in [4.78, 5) is 13.2. The Morgan fingerprint density at radius 1 is 1.53 bits per heavy atom. The standard InChI is InChI=1S/C12H17ClN2O2/c1-4-15(2)12(16)14-8-9-10(13)6-5-7-11(9)17-3/h5-7H,4,8H2,1-3H3,(H,14,16). The Kier molecular flexibility index (Phi) is 5.10. The van der Waals surface area contributed by atoms with Gasteiger partial charge in [0.05, 0.1) is 7.11 Å². The first-order valence-electron chi connectivity index (χ1n) is 5.40. The van der Waals surface area contributed by atoms with Crippen molar-refractivity contribution in [3.8, 4) is 5.75 Å². The fourth-order valence-electron chi connectivity index (χ4n) is 1.34. The highest BCUT2D eigenvalue weighted by molar-refractivity contribution is 6.31. The van der Waals surface area contributed by atoms with Crippen molar-refractivity contribution >= 4 is 17.6 Å². The summed E-state index contributed by atoms with van der Waals surface area (Å²) in [5.74, 6) is 0.678. The van der Waals surface area contributed by atoms with E-state index in [2.05, 4.69) is 5.32 Å². The van der Waals surface area contributed by atoms with Gasteiger partial charge in [0.15, 0.2) is 0 Å². The third-order valence-corrected chi connectivity index (χ3v) is 2.89. The fraction of sp³-hybridized carbons (Fsp3) is 0.417. The first kappa shape index (κ1) is 13.6. The Balaban J connectivity index is 2.72. The largest absolute Gasteiger partial charge is 0.496 e. The van der Waals surface area contributed by atoms with Crippen LogP contribution in [0.25, 0.3) is 0 Å². The van der Waals surface area contributed by atoms with E-state index in [0.29, 0.717) is 23.9 Å². The van der Waals surface area contributed by atoms with E-state index in [1.165, 1.54) is 0 Å². The van der Waals surface area contributed by atoms with Crippen molar-refractivity contribution in [2.24, 2.45) is 0 Å². The maximum atomic E-state index is 11.6. The summed E-state index contributed by atoms with van der Waals surface area (Å²) >= 11 is 6.06. The quantitative estimate of drug-likeness (QED) is 0.899. The predicted octanol–water partition coefficient (Wildman–Crippen LogP) is 2.51. The zero-order valence-electron chi connectivity index (χ0n) is 10.3. The highest BCUT2D eigenvalue weighted by Crippen LogP contribution is 2.25. The summed E-state index contributed by atoms with van der Waals surface area (Å²) in [6.07, 6.45) is 0. The summed E-state index contributed by atoms with van der Waals surface area (Å²) in [6, 6.07) is 5.27. The van der Waals surface area contributed by atoms with Crippen LogP contribution in [0.4, 0.5) is 4.79 Å². The molecule has 1 rings (SSSR count). The van der Waals surface area contributed by atoms with E-state index in [1.807, 2.05) is 19.1 Å². The lowest BCUT2D eigenvalue weighted by Crippen LogP contribution is -2.36. The molecule has 1 aromatic carbocycles. The lowest BCUT2D eigenvalue weighted by molar-refractivity contribution is 0.210. The molecule has 0 saturated carbocycles. The van der Waals surface area contributed by atoms with E-state index in [9.17, 15) is 4.79 Å². The molecule has 0 aromatic heterocycles. The monoisotopic (exact) mass is 256 g/mol. The number of nitrogens with one attached hydrogen (secondary N) is 1. The van der Waals surface area contributed by atoms with Gasteiger partial charge in [-0.05, 0) is 19.1 Å². The molecule has 0 atom stereocenters. The average molecular weight is 257 g/mol. The minimum absolute atomic E-state index is 0.130. The van der Waals surface area contributed by atoms with Crippen LogP contribution in [-0.4, -0.2) is 31.6 Å². The molecule has 0 aliphatic carbocycles. The SMILES string of the molecule is CCN(C)C(=O)NCc1c(Cl)cccc1OC. The van der Waals surface area contributed by atoms with Gasteiger partial charge in [0.1, 0.15) is 5.75 Å². The first-order valence-corrected chi connectivity index (χ1v) is 5.78. The minimum atomic E-state index is -0.130. The van der Waals surface area contributed by atoms with Gasteiger partial charge in [-0.25, -0.2) is 4.79 Å². The Morgan fingerprint density at radius 2 is 2.24 bits per heavy atom. The highest BCUT2D eigenvalue weighted by atomic mass is 35.5. The smallest absolute Gasteiger partial charge is 0.317 e. The maximum absolute atomic E-state index is 11.6. The summed E-state index contributed by atoms with van der Waals surface area (Å²) in [5.41, 5.74) is 0.787. The van der Waals surface area contributed by atoms with Crippen molar-refractivity contribution < 1.29 is 9.53 Å². The molecule has 1 N–H and O–H groups in total. The molecule has 0 fully saturated rings. The number of methoxy groups -OCH3 is 1. The number of hydrogen-bond donors (Lipinski definition) is 1. The van der Waals surface area contributed by atoms with Crippen LogP contribution in [0.2, 0.25) is 5.02 Å². The van der Waals surface area contributed by atoms with Gasteiger partial charge in [0.25, 0.3) is 0 Å². The summed E-state index contributed by atoms with van der Waals surface area (Å²) in [6.45, 7) is 2.92. The van der Waals surface area contributed by atoms with Crippen LogP contribution in [0, 0.1) is 0 Å². The first-order chi connectivity index (χ1) is 8.10. The van der Waals surface area contributed by atoms with Crippen molar-refractivity contribution in [1.29, 1.82) is 0 Å². The van der Waals surface area contributed by atoms with Crippen LogP contribution in [0.1, 0.15) is 12.5 Å². The van der Waals surface area contributed by atoms with E-state index < -0.39 is 0 Å². The van der Waals surface area contributed by atoms with Gasteiger partial charge in [-0.3, -0.25) is 0 Å². The van der Waals surface area contributed by atoms with Crippen LogP contribution in [0.5, 0.6) is 5.75 Å². The molecule has 1 aromatic rings. The topological polar surface area (TPSA) is 41.6 Å². The van der Waals surface area contributed by atoms with Crippen LogP contribution in [-0.2, 0) is 6.54 Å². The zero-order valence-corrected chi connectivity index (χ0v) is 11.0. The van der Waals surface area contributed by atoms with Crippen molar-refractivity contribution in [1.82, 2.24) is 10.2 Å². The molecule has 0 aliphatic heterocycles. The number of rotatable bonds is 4. The molecule has 94 valence electrons. The van der Waals surface area contributed by atoms with Crippen LogP contribution in [0.15, 0.2) is 18.2 Å². The van der Waals surface area contributed by atoms with Gasteiger partial charge < -0.3 is 15.0 Å². The van der Waals surface area contributed by atoms with Crippen molar-refractivity contribution in [2.45, 2.75) is 13.5 Å². The number of nitrogens with zero attached hydrogens (tertiary/aromatic N) is 1. The van der Waals surface area contributed by atoms with Crippen molar-refractivity contribution in [3.05, 3.63) is 28.8 Å². The van der Waals surface area contributed by atoms with Crippen molar-refractivity contribution in [2.75, 3.05) is 20.7 Å². The van der Waals surface area contributed by atoms with Gasteiger partial charge in [0.2, 0.25) is 0 Å². The maximum Gasteiger partial charge on any atom is 0.317 e. The van der Waals surface area contributed by atoms with Crippen LogP contribution < -0.4 is 10.1 Å². The normalized spacial score (nSPS) is 9.88. The molecule has 0 unspecified atom stereocenters. The summed E-state index contributed by atoms with van der Waals surface area (Å²) < 4.78 is 5.20. The summed E-state index contributed by atoms with van der Waals surface area (Å²) in [5, 5.41) is 3.37. The molecular weight excluding hydrogens is 240 g/mol. The van der Waals surface area contributed by atoms with Gasteiger partial charge in [-0.2, -0.15) is 0 Å². The van der Waals surface area contributed by atoms with E-state index in [-0.39, 0.29) is 6.03 Å². The summed E-state index contributed by atoms with van der Waals surface area (Å²) in [7, 11) is 3.31. The third kappa shape index (κ3) is 3.53. The number of halogens is 1. The number of carbonyl (C=O) groups is 1. The Morgan fingerprint density at radius 3 is 2.82 bits per heavy atom. The highest BCUT2D eigenvalue weighted by Gasteiger charge is 2.10. The van der Waals surface area contributed by atoms with Gasteiger partial charge >= 0.3 is 6.03 Å². The minimum Gasteiger partial charge on any atom is -0.496 e. The number of urea groups is 1. The molecule has 4 nitrogen and oxygen atoms in total. The van der Waals surface area contributed by atoms with E-state index in [1.54, 1.807) is 25.1 Å². The molecule has 0 radical (unpaired) electrons. The molecular formula is C12H17ClN2O2. The molecule has 0 bridgehead atoms. The van der Waals surface area contributed by atoms with E-state index >= 15 is 0 Å². The molecule has 2 amide bonds. The Bertz CT molecular complexity index is 396. The third-order valence-electron chi connectivity index (χ3n) is 2.53. The Hall–Kier alpha value is -1.42. The predicted molar refractivity (Wildman–Crippen MR) is 68.5 cm³/mol. The number of carbonyl (C=O) groups excluding carboxylic acids is 1. The second kappa shape index (κ2) is 6.35. The second-order valence-corrected chi connectivity index (χ2v) is 4.00. The number of benzene rings is 1. The van der Waals surface area contributed by atoms with Crippen LogP contribution in [0.3, 0.4) is 0 Å². The van der Waals surface area contributed by atoms with Crippen molar-refractivity contribution in [3.63, 3.8) is 0 Å². The molecule has 0 heterocycles. The molecule has 0 saturated heterocycles. The number of hydrogen-bond acceptors (Lipinski definition) is 2. The van der Waals surface area contributed by atoms with E-state index in [4.69, 9.17) is 16.3 Å². The molecule has 0 aliphatic rings. The lowest BCUT2D eigenvalue weighted by atomic mass is 10.2. The fourth-order valence-corrected chi connectivity index (χ4v) is 1.58. The zero-order chi connectivity index (χ0) is 12.8. The van der Waals surface area contributed by atoms with Gasteiger partial charge in [0, 0.05) is 30.7 Å². The number of amides is 2. The van der Waals surface area contributed by atoms with Gasteiger partial charge in [-0.15, -0.1) is 0 Å². The molecule has 17 heavy (non-hydrogen) atoms. The molecule has 0 spiro atoms. The lowest BCUT2D eigenvalue weighted by Gasteiger charge is -2.17. The van der Waals surface area contributed by atoms with E-state index in [0.717, 1.165) is 5.56 Å². The Labute approximate surface area is 107 Å². The van der Waals surface area contributed by atoms with Gasteiger partial charge in [-0.1, -0.05) is 17.7 Å². The second-order valence-electron chi connectivity index (χ2n) is 3.59. The number of ether oxygens (including phenoxy) is 1. The average Bonchev–Trinajstić information content (AvgIpc) is 2.35. The van der Waals surface area contributed by atoms with Crippen LogP contribution >= 0.6 is 11.6 Å².